The third-order valence-electron chi connectivity index (χ3n) is 11.0. The largest absolute Gasteiger partial charge is 0.456 e. The van der Waals surface area contributed by atoms with Crippen LogP contribution in [-0.2, 0) is 24.9 Å². The summed E-state index contributed by atoms with van der Waals surface area (Å²) in [6, 6.07) is 33.8. The van der Waals surface area contributed by atoms with Gasteiger partial charge in [-0.3, -0.25) is 9.35 Å². The molecule has 0 spiro atoms. The number of benzene rings is 7. The molecule has 11 nitrogen and oxygen atoms in total. The zero-order chi connectivity index (χ0) is 49.9. The molecule has 0 saturated carbocycles. The number of ketones is 1. The van der Waals surface area contributed by atoms with Crippen molar-refractivity contribution in [3.8, 4) is 57.4 Å². The maximum Gasteiger partial charge on any atom is 0.411 e. The van der Waals surface area contributed by atoms with Gasteiger partial charge in [-0.2, -0.15) is 45.3 Å². The van der Waals surface area contributed by atoms with Crippen molar-refractivity contribution in [2.45, 2.75) is 41.4 Å². The first kappa shape index (κ1) is 49.4. The van der Waals surface area contributed by atoms with Crippen LogP contribution in [0.15, 0.2) is 155 Å². The predicted molar refractivity (Wildman–Crippen MR) is 239 cm³/mol. The molecule has 0 aliphatic carbocycles. The normalized spacial score (nSPS) is 11.9. The minimum atomic E-state index is -5.91. The lowest BCUT2D eigenvalue weighted by atomic mass is 9.73. The van der Waals surface area contributed by atoms with Crippen LogP contribution in [0.1, 0.15) is 49.3 Å². The number of hydrogen-bond acceptors (Lipinski definition) is 11. The van der Waals surface area contributed by atoms with Crippen molar-refractivity contribution in [3.63, 3.8) is 0 Å². The molecule has 69 heavy (non-hydrogen) atoms. The summed E-state index contributed by atoms with van der Waals surface area (Å²) >= 11 is 0.540. The first-order valence-corrected chi connectivity index (χ1v) is 22.2. The zero-order valence-electron chi connectivity index (χ0n) is 35.6. The Hall–Kier alpha value is -7.49. The number of ether oxygens (including phenoxy) is 2. The van der Waals surface area contributed by atoms with E-state index < -0.39 is 44.8 Å². The maximum absolute atomic E-state index is 15.1. The number of carbonyl (C=O) groups is 1. The molecule has 7 rings (SSSR count). The first-order valence-electron chi connectivity index (χ1n) is 20.0. The number of nitriles is 2. The van der Waals surface area contributed by atoms with E-state index in [0.29, 0.717) is 64.1 Å². The van der Waals surface area contributed by atoms with Gasteiger partial charge in [-0.1, -0.05) is 90.0 Å². The van der Waals surface area contributed by atoms with E-state index in [0.717, 1.165) is 24.3 Å². The number of nitrogens with zero attached hydrogens (tertiary/aromatic N) is 2. The lowest BCUT2D eigenvalue weighted by Crippen LogP contribution is -2.54. The van der Waals surface area contributed by atoms with Gasteiger partial charge in [0.05, 0.1) is 22.5 Å². The average molecular weight is 983 g/mol. The Morgan fingerprint density at radius 1 is 0.623 bits per heavy atom. The summed E-state index contributed by atoms with van der Waals surface area (Å²) in [7, 11) is -4.48. The van der Waals surface area contributed by atoms with Crippen molar-refractivity contribution in [2.75, 3.05) is 0 Å². The highest BCUT2D eigenvalue weighted by Gasteiger charge is 2.72. The SMILES string of the molecule is Cc1ccc(-c2cccc(Oc3ccc(C(c4ccc(Oc5cccc(C)c5C#N)cc4)(C(F)(F)F)C(F)(F)F)cc3)c2C#N)cc1C(=O)c1ccc(-c2ccc(S(=O)(=O)O)cc2)c(SOOO)c1. The highest BCUT2D eigenvalue weighted by atomic mass is 32.2. The fourth-order valence-electron chi connectivity index (χ4n) is 7.64. The zero-order valence-corrected chi connectivity index (χ0v) is 37.2. The second-order valence-corrected chi connectivity index (χ2v) is 17.3. The van der Waals surface area contributed by atoms with Gasteiger partial charge in [0.2, 0.25) is 5.41 Å². The van der Waals surface area contributed by atoms with E-state index in [1.807, 2.05) is 12.1 Å². The van der Waals surface area contributed by atoms with Gasteiger partial charge in [0.15, 0.2) is 5.78 Å². The molecule has 0 unspecified atom stereocenters. The molecule has 0 heterocycles. The molecule has 0 amide bonds. The Bertz CT molecular complexity index is 3260. The van der Waals surface area contributed by atoms with Crippen LogP contribution >= 0.6 is 12.0 Å². The molecular formula is C50H32F6N2O9S2. The van der Waals surface area contributed by atoms with E-state index in [9.17, 15) is 28.3 Å². The van der Waals surface area contributed by atoms with Gasteiger partial charge >= 0.3 is 12.4 Å². The second kappa shape index (κ2) is 19.6. The van der Waals surface area contributed by atoms with Crippen molar-refractivity contribution < 1.29 is 68.2 Å². The predicted octanol–water partition coefficient (Wildman–Crippen LogP) is 13.3. The molecule has 7 aromatic rings. The van der Waals surface area contributed by atoms with Crippen molar-refractivity contribution in [3.05, 3.63) is 190 Å². The highest BCUT2D eigenvalue weighted by Crippen LogP contribution is 2.56. The number of aryl methyl sites for hydroxylation is 2. The van der Waals surface area contributed by atoms with Gasteiger partial charge in [0.25, 0.3) is 10.1 Å². The third kappa shape index (κ3) is 9.92. The molecule has 0 bridgehead atoms. The highest BCUT2D eigenvalue weighted by molar-refractivity contribution is 7.94. The minimum Gasteiger partial charge on any atom is -0.456 e. The van der Waals surface area contributed by atoms with Crippen LogP contribution in [0.3, 0.4) is 0 Å². The monoisotopic (exact) mass is 982 g/mol. The van der Waals surface area contributed by atoms with Gasteiger partial charge in [-0.25, -0.2) is 5.26 Å². The van der Waals surface area contributed by atoms with Crippen LogP contribution in [0.4, 0.5) is 26.3 Å². The molecule has 0 aromatic heterocycles. The summed E-state index contributed by atoms with van der Waals surface area (Å²) in [6.45, 7) is 3.31. The third-order valence-corrected chi connectivity index (χ3v) is 12.5. The quantitative estimate of drug-likeness (QED) is 0.0264. The molecule has 2 N–H and O–H groups in total. The molecule has 7 aromatic carbocycles. The fourth-order valence-corrected chi connectivity index (χ4v) is 8.68. The smallest absolute Gasteiger partial charge is 0.411 e. The number of halogens is 6. The standard InChI is InChI=1S/C50H32F6N2O9S2/c1-29-5-3-7-44(42(29)27-57)64-36-18-14-34(15-19-36)48(49(51,52)53,50(54,55)56)35-16-20-37(21-17-35)65-45-8-4-6-39(43(45)28-58)32-10-9-30(2)41(25-32)47(59)33-13-24-40(46(26-33)68-67-66-60)31-11-22-38(23-12-31)69(61,62)63/h3-26,60H,1-2H3,(H,61,62,63). The number of hydrogen-bond donors (Lipinski definition) is 2. The molecule has 19 heteroatoms. The topological polar surface area (TPSA) is 176 Å². The minimum absolute atomic E-state index is 0.0627. The van der Waals surface area contributed by atoms with Crippen LogP contribution in [0, 0.1) is 36.5 Å². The summed E-state index contributed by atoms with van der Waals surface area (Å²) in [5, 5.41) is 32.5. The van der Waals surface area contributed by atoms with Gasteiger partial charge in [0, 0.05) is 21.6 Å². The van der Waals surface area contributed by atoms with Crippen molar-refractivity contribution >= 4 is 27.9 Å². The average Bonchev–Trinajstić information content (AvgIpc) is 3.31. The summed E-state index contributed by atoms with van der Waals surface area (Å²) in [5.74, 6) is -0.851. The Kier molecular flexibility index (Phi) is 14.1. The van der Waals surface area contributed by atoms with Gasteiger partial charge < -0.3 is 9.47 Å². The van der Waals surface area contributed by atoms with Crippen LogP contribution in [0.5, 0.6) is 23.0 Å². The molecule has 0 fully saturated rings. The van der Waals surface area contributed by atoms with Crippen molar-refractivity contribution in [1.29, 1.82) is 10.5 Å². The lowest BCUT2D eigenvalue weighted by Gasteiger charge is -2.38. The van der Waals surface area contributed by atoms with Crippen molar-refractivity contribution in [1.82, 2.24) is 0 Å². The van der Waals surface area contributed by atoms with Crippen molar-refractivity contribution in [2.24, 2.45) is 0 Å². The van der Waals surface area contributed by atoms with Crippen LogP contribution in [-0.4, -0.2) is 36.4 Å². The molecule has 0 aliphatic rings. The lowest BCUT2D eigenvalue weighted by molar-refractivity contribution is -0.432. The first-order chi connectivity index (χ1) is 32.7. The Morgan fingerprint density at radius 2 is 1.16 bits per heavy atom. The van der Waals surface area contributed by atoms with Gasteiger partial charge in [-0.05, 0) is 113 Å². The van der Waals surface area contributed by atoms with E-state index in [2.05, 4.69) is 9.37 Å². The summed E-state index contributed by atoms with van der Waals surface area (Å²) in [6.07, 6.45) is -11.8. The number of alkyl halides is 6. The van der Waals surface area contributed by atoms with Crippen LogP contribution in [0.2, 0.25) is 0 Å². The van der Waals surface area contributed by atoms with E-state index in [1.165, 1.54) is 60.7 Å². The van der Waals surface area contributed by atoms with Gasteiger partial charge in [0.1, 0.15) is 40.7 Å². The second-order valence-electron chi connectivity index (χ2n) is 15.1. The number of carbonyl (C=O) groups excluding carboxylic acids is 1. The van der Waals surface area contributed by atoms with Crippen LogP contribution < -0.4 is 9.47 Å². The molecule has 0 radical (unpaired) electrons. The fraction of sp³-hybridized carbons (Fsp3) is 0.100. The molecule has 0 atom stereocenters. The Morgan fingerprint density at radius 3 is 1.68 bits per heavy atom. The molecule has 0 saturated heterocycles. The van der Waals surface area contributed by atoms with Gasteiger partial charge in [-0.15, -0.1) is 4.33 Å². The molecule has 350 valence electrons. The van der Waals surface area contributed by atoms with E-state index in [1.54, 1.807) is 50.2 Å². The molecular weight excluding hydrogens is 951 g/mol. The summed E-state index contributed by atoms with van der Waals surface area (Å²) in [5.41, 5.74) is -3.87. The Labute approximate surface area is 394 Å². The summed E-state index contributed by atoms with van der Waals surface area (Å²) in [4.78, 5) is 14.0. The Balaban J connectivity index is 1.18. The van der Waals surface area contributed by atoms with E-state index >= 15 is 26.3 Å². The van der Waals surface area contributed by atoms with E-state index in [-0.39, 0.29) is 60.6 Å². The molecule has 0 aliphatic heterocycles. The maximum atomic E-state index is 15.1. The number of rotatable bonds is 14. The van der Waals surface area contributed by atoms with Crippen LogP contribution in [0.25, 0.3) is 22.3 Å². The van der Waals surface area contributed by atoms with E-state index in [4.69, 9.17) is 14.7 Å². The summed E-state index contributed by atoms with van der Waals surface area (Å²) < 4.78 is 139.